The molecule has 0 amide bonds. The van der Waals surface area contributed by atoms with E-state index in [0.717, 1.165) is 44.3 Å². The number of aryl methyl sites for hydroxylation is 3. The molecule has 3 aromatic rings. The predicted octanol–water partition coefficient (Wildman–Crippen LogP) is 10.7. The zero-order valence-electron chi connectivity index (χ0n) is 26.5. The number of hydrogen-bond acceptors (Lipinski definition) is 3. The van der Waals surface area contributed by atoms with E-state index < -0.39 is 0 Å². The lowest BCUT2D eigenvalue weighted by Gasteiger charge is -2.18. The molecular weight excluding hydrogens is 516 g/mol. The van der Waals surface area contributed by atoms with E-state index in [-0.39, 0.29) is 12.1 Å². The number of rotatable bonds is 21. The molecule has 0 aromatic heterocycles. The van der Waals surface area contributed by atoms with Crippen LogP contribution in [0.25, 0.3) is 11.1 Å². The first-order valence-corrected chi connectivity index (χ1v) is 16.7. The average Bonchev–Trinajstić information content (AvgIpc) is 3.01. The first-order chi connectivity index (χ1) is 20.6. The van der Waals surface area contributed by atoms with Crippen LogP contribution >= 0.6 is 0 Å². The second-order valence-corrected chi connectivity index (χ2v) is 11.8. The minimum absolute atomic E-state index is 0.123. The molecule has 0 aliphatic carbocycles. The van der Waals surface area contributed by atoms with Gasteiger partial charge >= 0.3 is 5.97 Å². The third-order valence-corrected chi connectivity index (χ3v) is 7.99. The lowest BCUT2D eigenvalue weighted by Crippen LogP contribution is -2.22. The van der Waals surface area contributed by atoms with Crippen molar-refractivity contribution in [2.75, 3.05) is 6.61 Å². The molecule has 0 spiro atoms. The van der Waals surface area contributed by atoms with Gasteiger partial charge in [-0.25, -0.2) is 0 Å². The molecule has 0 fully saturated rings. The zero-order valence-corrected chi connectivity index (χ0v) is 26.5. The van der Waals surface area contributed by atoms with Crippen molar-refractivity contribution in [3.63, 3.8) is 0 Å². The Morgan fingerprint density at radius 2 is 1.26 bits per heavy atom. The minimum atomic E-state index is -0.270. The van der Waals surface area contributed by atoms with Crippen LogP contribution in [0, 0.1) is 0 Å². The van der Waals surface area contributed by atoms with E-state index in [2.05, 4.69) is 86.6 Å². The topological polar surface area (TPSA) is 35.5 Å². The van der Waals surface area contributed by atoms with Gasteiger partial charge in [-0.1, -0.05) is 138 Å². The third kappa shape index (κ3) is 12.8. The Morgan fingerprint density at radius 1 is 0.643 bits per heavy atom. The Morgan fingerprint density at radius 3 is 1.98 bits per heavy atom. The Balaban J connectivity index is 1.57. The molecule has 0 aliphatic heterocycles. The largest absolute Gasteiger partial charge is 0.489 e. The van der Waals surface area contributed by atoms with E-state index in [0.29, 0.717) is 13.0 Å². The molecule has 0 bridgehead atoms. The summed E-state index contributed by atoms with van der Waals surface area (Å²) in [5.74, 6) is 0.809. The van der Waals surface area contributed by atoms with Crippen molar-refractivity contribution in [3.05, 3.63) is 89.5 Å². The van der Waals surface area contributed by atoms with Crippen molar-refractivity contribution < 1.29 is 14.3 Å². The summed E-state index contributed by atoms with van der Waals surface area (Å²) in [6.07, 6.45) is 16.8. The van der Waals surface area contributed by atoms with Gasteiger partial charge in [0.1, 0.15) is 18.5 Å². The van der Waals surface area contributed by atoms with Crippen molar-refractivity contribution in [1.29, 1.82) is 0 Å². The zero-order chi connectivity index (χ0) is 29.8. The minimum Gasteiger partial charge on any atom is -0.489 e. The second kappa shape index (κ2) is 19.9. The van der Waals surface area contributed by atoms with Crippen LogP contribution in [0.1, 0.15) is 115 Å². The van der Waals surface area contributed by atoms with Gasteiger partial charge in [0.05, 0.1) is 0 Å². The van der Waals surface area contributed by atoms with E-state index in [4.69, 9.17) is 9.47 Å². The number of carbonyl (C=O) groups is 1. The van der Waals surface area contributed by atoms with Gasteiger partial charge in [-0.2, -0.15) is 0 Å². The van der Waals surface area contributed by atoms with Gasteiger partial charge in [0.15, 0.2) is 0 Å². The predicted molar refractivity (Wildman–Crippen MR) is 177 cm³/mol. The average molecular weight is 571 g/mol. The highest BCUT2D eigenvalue weighted by molar-refractivity contribution is 5.69. The van der Waals surface area contributed by atoms with E-state index in [9.17, 15) is 4.79 Å². The molecular formula is C39H54O3. The molecule has 3 heteroatoms. The van der Waals surface area contributed by atoms with Crippen LogP contribution in [0.5, 0.6) is 5.75 Å². The molecule has 3 aromatic carbocycles. The highest BCUT2D eigenvalue weighted by atomic mass is 16.6. The van der Waals surface area contributed by atoms with Crippen LogP contribution in [-0.4, -0.2) is 18.7 Å². The Labute approximate surface area is 256 Å². The van der Waals surface area contributed by atoms with Gasteiger partial charge < -0.3 is 9.47 Å². The molecule has 3 nitrogen and oxygen atoms in total. The highest BCUT2D eigenvalue weighted by Gasteiger charge is 2.13. The van der Waals surface area contributed by atoms with Gasteiger partial charge in [-0.3, -0.25) is 4.79 Å². The number of hydrogen-bond donors (Lipinski definition) is 0. The maximum Gasteiger partial charge on any atom is 0.306 e. The van der Waals surface area contributed by atoms with E-state index in [1.807, 2.05) is 6.92 Å². The molecule has 0 heterocycles. The van der Waals surface area contributed by atoms with Crippen molar-refractivity contribution in [2.24, 2.45) is 0 Å². The van der Waals surface area contributed by atoms with E-state index in [1.54, 1.807) is 0 Å². The van der Waals surface area contributed by atoms with Crippen LogP contribution in [-0.2, 0) is 28.8 Å². The summed E-state index contributed by atoms with van der Waals surface area (Å²) in [7, 11) is 0. The van der Waals surface area contributed by atoms with Gasteiger partial charge in [0, 0.05) is 6.42 Å². The van der Waals surface area contributed by atoms with Crippen molar-refractivity contribution in [2.45, 2.75) is 123 Å². The normalized spacial score (nSPS) is 11.8. The first-order valence-electron chi connectivity index (χ1n) is 16.7. The summed E-state index contributed by atoms with van der Waals surface area (Å²) >= 11 is 0. The lowest BCUT2D eigenvalue weighted by molar-refractivity contribution is -0.149. The van der Waals surface area contributed by atoms with E-state index >= 15 is 0 Å². The number of ether oxygens (including phenoxy) is 2. The quantitative estimate of drug-likeness (QED) is 0.0944. The molecule has 0 radical (unpaired) electrons. The number of carbonyl (C=O) groups excluding carboxylic acids is 1. The molecule has 228 valence electrons. The molecule has 0 N–H and O–H groups in total. The van der Waals surface area contributed by atoms with Crippen LogP contribution in [0.3, 0.4) is 0 Å². The number of benzene rings is 3. The van der Waals surface area contributed by atoms with Crippen LogP contribution in [0.15, 0.2) is 72.8 Å². The summed E-state index contributed by atoms with van der Waals surface area (Å²) in [5.41, 5.74) is 6.34. The third-order valence-electron chi connectivity index (χ3n) is 7.99. The summed E-state index contributed by atoms with van der Waals surface area (Å²) in [5, 5.41) is 0. The van der Waals surface area contributed by atoms with E-state index in [1.165, 1.54) is 79.2 Å². The summed E-state index contributed by atoms with van der Waals surface area (Å²) < 4.78 is 12.0. The SMILES string of the molecule is CCCCCCCCCCc1ccc(CCc2ccc(-c3ccccc3)cc2)c(OCC(C)OC(=O)CCCCC)c1. The smallest absolute Gasteiger partial charge is 0.306 e. The first kappa shape index (κ1) is 33.4. The van der Waals surface area contributed by atoms with Gasteiger partial charge in [0.2, 0.25) is 0 Å². The monoisotopic (exact) mass is 570 g/mol. The maximum absolute atomic E-state index is 12.2. The number of esters is 1. The molecule has 1 atom stereocenters. The van der Waals surface area contributed by atoms with Crippen LogP contribution < -0.4 is 4.74 Å². The summed E-state index contributed by atoms with van der Waals surface area (Å²) in [6, 6.07) is 26.2. The lowest BCUT2D eigenvalue weighted by atomic mass is 9.98. The second-order valence-electron chi connectivity index (χ2n) is 11.8. The van der Waals surface area contributed by atoms with Crippen molar-refractivity contribution in [3.8, 4) is 16.9 Å². The van der Waals surface area contributed by atoms with Crippen molar-refractivity contribution >= 4 is 5.97 Å². The summed E-state index contributed by atoms with van der Waals surface area (Å²) in [4.78, 5) is 12.2. The maximum atomic E-state index is 12.2. The molecule has 3 rings (SSSR count). The highest BCUT2D eigenvalue weighted by Crippen LogP contribution is 2.25. The van der Waals surface area contributed by atoms with Crippen LogP contribution in [0.2, 0.25) is 0 Å². The van der Waals surface area contributed by atoms with Crippen LogP contribution in [0.4, 0.5) is 0 Å². The Kier molecular flexibility index (Phi) is 15.9. The van der Waals surface area contributed by atoms with Crippen molar-refractivity contribution in [1.82, 2.24) is 0 Å². The number of unbranched alkanes of at least 4 members (excludes halogenated alkanes) is 9. The fourth-order valence-electron chi connectivity index (χ4n) is 5.38. The molecule has 0 saturated heterocycles. The molecule has 0 aliphatic rings. The molecule has 1 unspecified atom stereocenters. The van der Waals surface area contributed by atoms with Gasteiger partial charge in [-0.15, -0.1) is 0 Å². The van der Waals surface area contributed by atoms with Gasteiger partial charge in [0.25, 0.3) is 0 Å². The standard InChI is InChI=1S/C39H54O3/c1-4-6-8-9-10-11-12-15-18-34-25-29-37(38(30-34)41-31-32(3)42-39(40)21-14-7-5-2)28-24-33-22-26-36(27-23-33)35-19-16-13-17-20-35/h13,16-17,19-20,22-23,25-27,29-30,32H,4-12,14-15,18,21,24,28,31H2,1-3H3. The van der Waals surface area contributed by atoms with Gasteiger partial charge in [-0.05, 0) is 72.9 Å². The molecule has 0 saturated carbocycles. The Hall–Kier alpha value is -3.07. The summed E-state index contributed by atoms with van der Waals surface area (Å²) in [6.45, 7) is 6.71. The fraction of sp³-hybridized carbons (Fsp3) is 0.513. The fourth-order valence-corrected chi connectivity index (χ4v) is 5.38. The molecule has 42 heavy (non-hydrogen) atoms. The Bertz CT molecular complexity index is 1140.